The molecule has 1 aromatic rings. The van der Waals surface area contributed by atoms with Crippen LogP contribution in [0.2, 0.25) is 0 Å². The van der Waals surface area contributed by atoms with Crippen molar-refractivity contribution in [3.05, 3.63) is 29.8 Å². The van der Waals surface area contributed by atoms with Gasteiger partial charge in [-0.3, -0.25) is 4.79 Å². The Kier molecular flexibility index (Phi) is 4.16. The van der Waals surface area contributed by atoms with E-state index in [9.17, 15) is 13.2 Å². The Morgan fingerprint density at radius 2 is 1.84 bits per heavy atom. The van der Waals surface area contributed by atoms with E-state index in [2.05, 4.69) is 6.92 Å². The van der Waals surface area contributed by atoms with Crippen LogP contribution in [-0.2, 0) is 9.05 Å². The zero-order valence-corrected chi connectivity index (χ0v) is 12.2. The van der Waals surface area contributed by atoms with Gasteiger partial charge in [0.05, 0.1) is 10.5 Å². The molecule has 0 aliphatic carbocycles. The van der Waals surface area contributed by atoms with Crippen molar-refractivity contribution in [1.29, 1.82) is 0 Å². The summed E-state index contributed by atoms with van der Waals surface area (Å²) in [7, 11) is 1.47. The van der Waals surface area contributed by atoms with Crippen molar-refractivity contribution in [2.75, 3.05) is 13.1 Å². The predicted octanol–water partition coefficient (Wildman–Crippen LogP) is 2.49. The highest BCUT2D eigenvalue weighted by atomic mass is 35.7. The van der Waals surface area contributed by atoms with E-state index in [0.717, 1.165) is 12.8 Å². The molecule has 0 radical (unpaired) electrons. The van der Waals surface area contributed by atoms with Gasteiger partial charge in [0, 0.05) is 23.8 Å². The van der Waals surface area contributed by atoms with Gasteiger partial charge in [-0.1, -0.05) is 19.1 Å². The van der Waals surface area contributed by atoms with Crippen molar-refractivity contribution in [3.63, 3.8) is 0 Å². The number of carbonyl (C=O) groups is 1. The van der Waals surface area contributed by atoms with Crippen LogP contribution in [0.15, 0.2) is 29.2 Å². The molecule has 4 nitrogen and oxygen atoms in total. The van der Waals surface area contributed by atoms with E-state index in [1.165, 1.54) is 12.1 Å². The lowest BCUT2D eigenvalue weighted by molar-refractivity contribution is 0.0693. The first kappa shape index (κ1) is 14.3. The summed E-state index contributed by atoms with van der Waals surface area (Å²) in [5.41, 5.74) is 0.159. The van der Waals surface area contributed by atoms with E-state index in [1.807, 2.05) is 0 Å². The van der Waals surface area contributed by atoms with Crippen LogP contribution in [0.1, 0.15) is 30.1 Å². The molecule has 0 spiro atoms. The number of hydrogen-bond donors (Lipinski definition) is 0. The number of benzene rings is 1. The molecular weight excluding hydrogens is 286 g/mol. The fourth-order valence-electron chi connectivity index (χ4n) is 2.24. The van der Waals surface area contributed by atoms with E-state index in [0.29, 0.717) is 19.0 Å². The summed E-state index contributed by atoms with van der Waals surface area (Å²) in [5, 5.41) is 0. The molecule has 19 heavy (non-hydrogen) atoms. The largest absolute Gasteiger partial charge is 0.339 e. The molecule has 6 heteroatoms. The first-order valence-electron chi connectivity index (χ1n) is 6.22. The topological polar surface area (TPSA) is 54.5 Å². The number of halogens is 1. The zero-order valence-electron chi connectivity index (χ0n) is 10.7. The molecule has 1 aliphatic heterocycles. The fourth-order valence-corrected chi connectivity index (χ4v) is 3.30. The number of rotatable bonds is 2. The molecule has 1 saturated heterocycles. The van der Waals surface area contributed by atoms with Crippen LogP contribution in [-0.4, -0.2) is 32.3 Å². The summed E-state index contributed by atoms with van der Waals surface area (Å²) in [4.78, 5) is 14.0. The summed E-state index contributed by atoms with van der Waals surface area (Å²) >= 11 is 0. The highest BCUT2D eigenvalue weighted by Gasteiger charge is 2.26. The van der Waals surface area contributed by atoms with Crippen molar-refractivity contribution in [2.45, 2.75) is 24.7 Å². The van der Waals surface area contributed by atoms with E-state index < -0.39 is 9.05 Å². The smallest absolute Gasteiger partial charge is 0.262 e. The Balaban J connectivity index is 2.30. The first-order valence-corrected chi connectivity index (χ1v) is 8.53. The number of hydrogen-bond acceptors (Lipinski definition) is 3. The van der Waals surface area contributed by atoms with Crippen LogP contribution >= 0.6 is 10.7 Å². The molecule has 0 unspecified atom stereocenters. The number of nitrogens with zero attached hydrogens (tertiary/aromatic N) is 1. The van der Waals surface area contributed by atoms with Crippen LogP contribution in [0.5, 0.6) is 0 Å². The van der Waals surface area contributed by atoms with E-state index in [-0.39, 0.29) is 16.4 Å². The summed E-state index contributed by atoms with van der Waals surface area (Å²) < 4.78 is 23.0. The third-order valence-electron chi connectivity index (χ3n) is 3.45. The van der Waals surface area contributed by atoms with E-state index in [1.54, 1.807) is 17.0 Å². The maximum atomic E-state index is 12.4. The van der Waals surface area contributed by atoms with Gasteiger partial charge in [-0.25, -0.2) is 8.42 Å². The summed E-state index contributed by atoms with van der Waals surface area (Å²) in [5.74, 6) is 0.350. The Hall–Kier alpha value is -1.07. The van der Waals surface area contributed by atoms with Gasteiger partial charge in [-0.2, -0.15) is 0 Å². The molecule has 2 rings (SSSR count). The normalized spacial score (nSPS) is 17.5. The van der Waals surface area contributed by atoms with Crippen molar-refractivity contribution in [2.24, 2.45) is 5.92 Å². The minimum atomic E-state index is -3.90. The van der Waals surface area contributed by atoms with Crippen molar-refractivity contribution in [3.8, 4) is 0 Å². The van der Waals surface area contributed by atoms with Gasteiger partial charge in [0.15, 0.2) is 0 Å². The Labute approximate surface area is 117 Å². The molecule has 0 aromatic heterocycles. The molecule has 1 fully saturated rings. The molecule has 0 bridgehead atoms. The second-order valence-corrected chi connectivity index (χ2v) is 7.44. The third kappa shape index (κ3) is 3.28. The molecule has 0 atom stereocenters. The monoisotopic (exact) mass is 301 g/mol. The predicted molar refractivity (Wildman–Crippen MR) is 73.8 cm³/mol. The standard InChI is InChI=1S/C13H16ClNO3S/c1-10-6-8-15(9-7-10)13(16)11-4-2-3-5-12(11)19(14,17)18/h2-5,10H,6-9H2,1H3. The summed E-state index contributed by atoms with van der Waals surface area (Å²) in [6.45, 7) is 3.48. The molecule has 0 saturated carbocycles. The van der Waals surface area contributed by atoms with Crippen molar-refractivity contribution < 1.29 is 13.2 Å². The fraction of sp³-hybridized carbons (Fsp3) is 0.462. The van der Waals surface area contributed by atoms with Crippen molar-refractivity contribution >= 4 is 25.6 Å². The molecular formula is C13H16ClNO3S. The lowest BCUT2D eigenvalue weighted by atomic mass is 9.98. The zero-order chi connectivity index (χ0) is 14.0. The van der Waals surface area contributed by atoms with Crippen LogP contribution in [0.25, 0.3) is 0 Å². The molecule has 104 valence electrons. The van der Waals surface area contributed by atoms with Crippen LogP contribution in [0.4, 0.5) is 0 Å². The number of amides is 1. The second-order valence-electron chi connectivity index (χ2n) is 4.91. The minimum absolute atomic E-state index is 0.111. The van der Waals surface area contributed by atoms with E-state index in [4.69, 9.17) is 10.7 Å². The lowest BCUT2D eigenvalue weighted by Gasteiger charge is -2.30. The van der Waals surface area contributed by atoms with E-state index >= 15 is 0 Å². The van der Waals surface area contributed by atoms with Gasteiger partial charge in [0.25, 0.3) is 15.0 Å². The molecule has 1 heterocycles. The Morgan fingerprint density at radius 1 is 1.26 bits per heavy atom. The van der Waals surface area contributed by atoms with Crippen LogP contribution in [0, 0.1) is 5.92 Å². The second kappa shape index (κ2) is 5.51. The molecule has 0 N–H and O–H groups in total. The molecule has 1 amide bonds. The minimum Gasteiger partial charge on any atom is -0.339 e. The number of piperidine rings is 1. The summed E-state index contributed by atoms with van der Waals surface area (Å²) in [6, 6.07) is 6.08. The van der Waals surface area contributed by atoms with Crippen molar-refractivity contribution in [1.82, 2.24) is 4.90 Å². The van der Waals surface area contributed by atoms with Crippen LogP contribution in [0.3, 0.4) is 0 Å². The maximum Gasteiger partial charge on any atom is 0.262 e. The summed E-state index contributed by atoms with van der Waals surface area (Å²) in [6.07, 6.45) is 1.89. The van der Waals surface area contributed by atoms with Gasteiger partial charge in [-0.15, -0.1) is 0 Å². The van der Waals surface area contributed by atoms with Gasteiger partial charge in [0.1, 0.15) is 0 Å². The molecule has 1 aliphatic rings. The highest BCUT2D eigenvalue weighted by Crippen LogP contribution is 2.23. The average molecular weight is 302 g/mol. The maximum absolute atomic E-state index is 12.4. The average Bonchev–Trinajstić information content (AvgIpc) is 2.38. The SMILES string of the molecule is CC1CCN(C(=O)c2ccccc2S(=O)(=O)Cl)CC1. The molecule has 1 aromatic carbocycles. The van der Waals surface area contributed by atoms with Gasteiger partial charge >= 0.3 is 0 Å². The van der Waals surface area contributed by atoms with Gasteiger partial charge < -0.3 is 4.90 Å². The third-order valence-corrected chi connectivity index (χ3v) is 4.83. The van der Waals surface area contributed by atoms with Gasteiger partial charge in [0.2, 0.25) is 0 Å². The quantitative estimate of drug-likeness (QED) is 0.789. The lowest BCUT2D eigenvalue weighted by Crippen LogP contribution is -2.38. The number of carbonyl (C=O) groups excluding carboxylic acids is 1. The highest BCUT2D eigenvalue weighted by molar-refractivity contribution is 8.13. The Morgan fingerprint density at radius 3 is 2.42 bits per heavy atom. The first-order chi connectivity index (χ1) is 8.89. The van der Waals surface area contributed by atoms with Gasteiger partial charge in [-0.05, 0) is 30.9 Å². The Bertz CT molecular complexity index is 577. The number of likely N-dealkylation sites (tertiary alicyclic amines) is 1. The van der Waals surface area contributed by atoms with Crippen LogP contribution < -0.4 is 0 Å².